The number of thioether (sulfide) groups is 1. The molecule has 4 unspecified atom stereocenters. The van der Waals surface area contributed by atoms with E-state index in [1.165, 1.54) is 70.6 Å². The zero-order valence-corrected chi connectivity index (χ0v) is 14.9. The van der Waals surface area contributed by atoms with Crippen LogP contribution in [0.25, 0.3) is 0 Å². The fourth-order valence-electron chi connectivity index (χ4n) is 3.77. The summed E-state index contributed by atoms with van der Waals surface area (Å²) in [5.41, 5.74) is 0. The van der Waals surface area contributed by atoms with Gasteiger partial charge in [0, 0.05) is 23.1 Å². The fraction of sp³-hybridized carbons (Fsp3) is 1.00. The Balaban J connectivity index is 1.89. The van der Waals surface area contributed by atoms with E-state index >= 15 is 0 Å². The van der Waals surface area contributed by atoms with Gasteiger partial charge in [-0.2, -0.15) is 11.8 Å². The third kappa shape index (κ3) is 6.11. The van der Waals surface area contributed by atoms with Crippen LogP contribution in [0.2, 0.25) is 0 Å². The van der Waals surface area contributed by atoms with Crippen LogP contribution in [0.15, 0.2) is 0 Å². The first kappa shape index (κ1) is 17.6. The molecule has 1 saturated heterocycles. The zero-order valence-electron chi connectivity index (χ0n) is 14.1. The van der Waals surface area contributed by atoms with Crippen molar-refractivity contribution in [1.29, 1.82) is 0 Å². The molecule has 2 fully saturated rings. The van der Waals surface area contributed by atoms with Crippen molar-refractivity contribution in [2.24, 2.45) is 0 Å². The van der Waals surface area contributed by atoms with Crippen LogP contribution in [-0.2, 0) is 4.74 Å². The molecule has 1 aliphatic carbocycles. The maximum Gasteiger partial charge on any atom is 0.0666 e. The number of rotatable bonds is 3. The lowest BCUT2D eigenvalue weighted by molar-refractivity contribution is 0.127. The van der Waals surface area contributed by atoms with Crippen molar-refractivity contribution < 1.29 is 4.74 Å². The number of ether oxygens (including phenoxy) is 1. The maximum atomic E-state index is 5.77. The highest BCUT2D eigenvalue weighted by molar-refractivity contribution is 8.00. The first-order chi connectivity index (χ1) is 10.3. The van der Waals surface area contributed by atoms with E-state index in [0.29, 0.717) is 12.1 Å². The summed E-state index contributed by atoms with van der Waals surface area (Å²) < 4.78 is 5.77. The molecule has 4 atom stereocenters. The van der Waals surface area contributed by atoms with E-state index < -0.39 is 0 Å². The van der Waals surface area contributed by atoms with Crippen LogP contribution in [0.4, 0.5) is 0 Å². The van der Waals surface area contributed by atoms with Crippen molar-refractivity contribution in [2.45, 2.75) is 100 Å². The van der Waals surface area contributed by atoms with E-state index in [1.54, 1.807) is 0 Å². The number of nitrogens with one attached hydrogen (secondary N) is 1. The van der Waals surface area contributed by atoms with Crippen LogP contribution < -0.4 is 5.32 Å². The van der Waals surface area contributed by atoms with Gasteiger partial charge in [0.1, 0.15) is 0 Å². The van der Waals surface area contributed by atoms with E-state index in [4.69, 9.17) is 4.74 Å². The monoisotopic (exact) mass is 313 g/mol. The smallest absolute Gasteiger partial charge is 0.0666 e. The highest BCUT2D eigenvalue weighted by atomic mass is 32.2. The van der Waals surface area contributed by atoms with Crippen LogP contribution >= 0.6 is 11.8 Å². The molecule has 1 N–H and O–H groups in total. The molecule has 0 aromatic rings. The summed E-state index contributed by atoms with van der Waals surface area (Å²) in [6.45, 7) is 3.23. The Hall–Kier alpha value is 0.270. The normalized spacial score (nSPS) is 36.9. The van der Waals surface area contributed by atoms with Gasteiger partial charge in [-0.3, -0.25) is 0 Å². The summed E-state index contributed by atoms with van der Waals surface area (Å²) in [5, 5.41) is 5.14. The van der Waals surface area contributed by atoms with Gasteiger partial charge < -0.3 is 10.1 Å². The Kier molecular flexibility index (Phi) is 8.49. The number of hydrogen-bond acceptors (Lipinski definition) is 3. The minimum Gasteiger partial charge on any atom is -0.377 e. The topological polar surface area (TPSA) is 21.3 Å². The molecule has 2 nitrogen and oxygen atoms in total. The molecular weight excluding hydrogens is 278 g/mol. The Bertz CT molecular complexity index is 274. The standard InChI is InChI=1S/C18H35NOS/c1-15-17(13-14-20-15)21-18-12-10-8-6-4-3-5-7-9-11-16(18)19-2/h15-19H,3-14H2,1-2H3. The third-order valence-electron chi connectivity index (χ3n) is 5.23. The quantitative estimate of drug-likeness (QED) is 0.811. The van der Waals surface area contributed by atoms with E-state index in [0.717, 1.165) is 17.1 Å². The van der Waals surface area contributed by atoms with Crippen molar-refractivity contribution in [2.75, 3.05) is 13.7 Å². The van der Waals surface area contributed by atoms with Gasteiger partial charge in [-0.05, 0) is 33.2 Å². The second kappa shape index (κ2) is 10.1. The van der Waals surface area contributed by atoms with Crippen molar-refractivity contribution >= 4 is 11.8 Å². The summed E-state index contributed by atoms with van der Waals surface area (Å²) in [6.07, 6.45) is 15.9. The van der Waals surface area contributed by atoms with E-state index in [2.05, 4.69) is 31.1 Å². The Morgan fingerprint density at radius 1 is 0.810 bits per heavy atom. The van der Waals surface area contributed by atoms with Gasteiger partial charge in [-0.1, -0.05) is 51.4 Å². The first-order valence-corrected chi connectivity index (χ1v) is 10.2. The Morgan fingerprint density at radius 2 is 1.43 bits per heavy atom. The lowest BCUT2D eigenvalue weighted by Gasteiger charge is -2.30. The van der Waals surface area contributed by atoms with E-state index in [-0.39, 0.29) is 0 Å². The molecule has 0 aromatic carbocycles. The second-order valence-electron chi connectivity index (χ2n) is 6.88. The average molecular weight is 314 g/mol. The van der Waals surface area contributed by atoms with Crippen molar-refractivity contribution in [3.63, 3.8) is 0 Å². The average Bonchev–Trinajstić information content (AvgIpc) is 2.87. The molecule has 0 bridgehead atoms. The molecule has 1 saturated carbocycles. The molecule has 0 amide bonds. The summed E-state index contributed by atoms with van der Waals surface area (Å²) in [4.78, 5) is 0. The molecule has 1 aliphatic heterocycles. The fourth-order valence-corrected chi connectivity index (χ4v) is 5.51. The molecule has 2 aliphatic rings. The van der Waals surface area contributed by atoms with Gasteiger partial charge in [-0.15, -0.1) is 0 Å². The molecule has 124 valence electrons. The highest BCUT2D eigenvalue weighted by Crippen LogP contribution is 2.34. The van der Waals surface area contributed by atoms with E-state index in [1.807, 2.05) is 0 Å². The third-order valence-corrected chi connectivity index (χ3v) is 7.11. The highest BCUT2D eigenvalue weighted by Gasteiger charge is 2.30. The summed E-state index contributed by atoms with van der Waals surface area (Å²) >= 11 is 2.23. The molecule has 3 heteroatoms. The van der Waals surface area contributed by atoms with Crippen LogP contribution in [-0.4, -0.2) is 36.3 Å². The molecule has 1 heterocycles. The Morgan fingerprint density at radius 3 is 2.00 bits per heavy atom. The van der Waals surface area contributed by atoms with Crippen molar-refractivity contribution in [1.82, 2.24) is 5.32 Å². The summed E-state index contributed by atoms with van der Waals surface area (Å²) in [5.74, 6) is 0. The van der Waals surface area contributed by atoms with Crippen LogP contribution in [0.1, 0.15) is 77.6 Å². The van der Waals surface area contributed by atoms with Crippen molar-refractivity contribution in [3.05, 3.63) is 0 Å². The van der Waals surface area contributed by atoms with Crippen LogP contribution in [0.5, 0.6) is 0 Å². The van der Waals surface area contributed by atoms with Gasteiger partial charge >= 0.3 is 0 Å². The molecular formula is C18H35NOS. The zero-order chi connectivity index (χ0) is 14.9. The summed E-state index contributed by atoms with van der Waals surface area (Å²) in [7, 11) is 2.17. The van der Waals surface area contributed by atoms with Gasteiger partial charge in [-0.25, -0.2) is 0 Å². The predicted molar refractivity (Wildman–Crippen MR) is 94.2 cm³/mol. The van der Waals surface area contributed by atoms with Gasteiger partial charge in [0.25, 0.3) is 0 Å². The predicted octanol–water partition coefficient (Wildman–Crippen LogP) is 4.77. The molecule has 21 heavy (non-hydrogen) atoms. The Labute approximate surface area is 136 Å². The van der Waals surface area contributed by atoms with Crippen LogP contribution in [0.3, 0.4) is 0 Å². The SMILES string of the molecule is CNC1CCCCCCCCCCC1SC1CCOC1C. The van der Waals surface area contributed by atoms with Crippen LogP contribution in [0, 0.1) is 0 Å². The maximum absolute atomic E-state index is 5.77. The first-order valence-electron chi connectivity index (χ1n) is 9.25. The lowest BCUT2D eigenvalue weighted by atomic mass is 9.97. The van der Waals surface area contributed by atoms with Gasteiger partial charge in [0.05, 0.1) is 6.10 Å². The molecule has 0 aromatic heterocycles. The molecule has 2 rings (SSSR count). The van der Waals surface area contributed by atoms with Crippen molar-refractivity contribution in [3.8, 4) is 0 Å². The summed E-state index contributed by atoms with van der Waals surface area (Å²) in [6, 6.07) is 0.697. The second-order valence-corrected chi connectivity index (χ2v) is 8.36. The largest absolute Gasteiger partial charge is 0.377 e. The minimum atomic E-state index is 0.453. The molecule has 0 radical (unpaired) electrons. The van der Waals surface area contributed by atoms with Gasteiger partial charge in [0.15, 0.2) is 0 Å². The number of hydrogen-bond donors (Lipinski definition) is 1. The van der Waals surface area contributed by atoms with Gasteiger partial charge in [0.2, 0.25) is 0 Å². The van der Waals surface area contributed by atoms with E-state index in [9.17, 15) is 0 Å². The molecule has 0 spiro atoms. The minimum absolute atomic E-state index is 0.453. The lowest BCUT2D eigenvalue weighted by Crippen LogP contribution is -2.37.